The molecule has 1 aromatic heterocycles. The number of methoxy groups -OCH3 is 1. The first-order valence-electron chi connectivity index (χ1n) is 6.16. The van der Waals surface area contributed by atoms with E-state index in [1.54, 1.807) is 13.2 Å². The van der Waals surface area contributed by atoms with Crippen LogP contribution in [0.3, 0.4) is 0 Å². The van der Waals surface area contributed by atoms with Gasteiger partial charge in [0.05, 0.1) is 12.6 Å². The highest BCUT2D eigenvalue weighted by atomic mass is 32.2. The molecule has 0 bridgehead atoms. The molecule has 1 atom stereocenters. The molecule has 0 saturated carbocycles. The van der Waals surface area contributed by atoms with Crippen molar-refractivity contribution >= 4 is 15.8 Å². The summed E-state index contributed by atoms with van der Waals surface area (Å²) in [4.78, 5) is 4.22. The number of rotatable bonds is 8. The number of hydrogen-bond acceptors (Lipinski definition) is 6. The molecule has 8 heteroatoms. The molecule has 1 aromatic rings. The largest absolute Gasteiger partial charge is 0.396 e. The standard InChI is InChI=1S/C12H21N3O4S/c1-15(2)20(17,18)11-4-5-12(13-8-11)14-10(6-7-16)9-19-3/h4-5,8,10,16H,6-7,9H2,1-3H3,(H,13,14). The normalized spacial score (nSPS) is 13.4. The molecule has 0 radical (unpaired) electrons. The summed E-state index contributed by atoms with van der Waals surface area (Å²) in [6.45, 7) is 0.466. The maximum absolute atomic E-state index is 11.9. The fraction of sp³-hybridized carbons (Fsp3) is 0.583. The van der Waals surface area contributed by atoms with Gasteiger partial charge in [-0.3, -0.25) is 0 Å². The van der Waals surface area contributed by atoms with Gasteiger partial charge in [0.15, 0.2) is 0 Å². The Bertz CT molecular complexity index is 496. The van der Waals surface area contributed by atoms with Crippen LogP contribution in [0.2, 0.25) is 0 Å². The number of nitrogens with zero attached hydrogens (tertiary/aromatic N) is 2. The van der Waals surface area contributed by atoms with E-state index >= 15 is 0 Å². The highest BCUT2D eigenvalue weighted by Crippen LogP contribution is 2.14. The number of pyridine rings is 1. The summed E-state index contributed by atoms with van der Waals surface area (Å²) in [6.07, 6.45) is 1.83. The van der Waals surface area contributed by atoms with E-state index in [9.17, 15) is 8.42 Å². The van der Waals surface area contributed by atoms with Crippen LogP contribution in [0.1, 0.15) is 6.42 Å². The first-order chi connectivity index (χ1) is 9.41. The summed E-state index contributed by atoms with van der Waals surface area (Å²) in [5.41, 5.74) is 0. The second-order valence-electron chi connectivity index (χ2n) is 4.48. The fourth-order valence-corrected chi connectivity index (χ4v) is 2.44. The monoisotopic (exact) mass is 303 g/mol. The third kappa shape index (κ3) is 4.41. The van der Waals surface area contributed by atoms with Gasteiger partial charge in [0.25, 0.3) is 0 Å². The van der Waals surface area contributed by atoms with Crippen molar-refractivity contribution in [2.75, 3.05) is 39.7 Å². The average molecular weight is 303 g/mol. The second kappa shape index (κ2) is 7.53. The van der Waals surface area contributed by atoms with Crippen LogP contribution in [-0.2, 0) is 14.8 Å². The molecule has 0 aromatic carbocycles. The number of aliphatic hydroxyl groups is 1. The molecule has 1 rings (SSSR count). The number of anilines is 1. The zero-order valence-electron chi connectivity index (χ0n) is 11.9. The molecule has 0 aliphatic carbocycles. The van der Waals surface area contributed by atoms with Gasteiger partial charge in [-0.05, 0) is 18.6 Å². The zero-order valence-corrected chi connectivity index (χ0v) is 12.7. The number of hydrogen-bond donors (Lipinski definition) is 2. The Morgan fingerprint density at radius 1 is 1.45 bits per heavy atom. The van der Waals surface area contributed by atoms with Crippen LogP contribution in [0, 0.1) is 0 Å². The van der Waals surface area contributed by atoms with Gasteiger partial charge in [-0.15, -0.1) is 0 Å². The summed E-state index contributed by atoms with van der Waals surface area (Å²) in [5.74, 6) is 0.540. The second-order valence-corrected chi connectivity index (χ2v) is 6.63. The minimum absolute atomic E-state index is 0.0358. The van der Waals surface area contributed by atoms with E-state index in [0.717, 1.165) is 4.31 Å². The molecule has 7 nitrogen and oxygen atoms in total. The Balaban J connectivity index is 2.81. The Morgan fingerprint density at radius 2 is 2.15 bits per heavy atom. The highest BCUT2D eigenvalue weighted by molar-refractivity contribution is 7.89. The first-order valence-corrected chi connectivity index (χ1v) is 7.60. The van der Waals surface area contributed by atoms with Crippen LogP contribution in [-0.4, -0.2) is 63.3 Å². The van der Waals surface area contributed by atoms with Crippen LogP contribution in [0.4, 0.5) is 5.82 Å². The first kappa shape index (κ1) is 16.8. The maximum Gasteiger partial charge on any atom is 0.244 e. The van der Waals surface area contributed by atoms with Crippen molar-refractivity contribution in [2.45, 2.75) is 17.4 Å². The number of ether oxygens (including phenoxy) is 1. The minimum atomic E-state index is -3.46. The molecule has 0 aliphatic heterocycles. The Kier molecular flexibility index (Phi) is 6.34. The van der Waals surface area contributed by atoms with Crippen LogP contribution < -0.4 is 5.32 Å². The van der Waals surface area contributed by atoms with Gasteiger partial charge < -0.3 is 15.2 Å². The van der Waals surface area contributed by atoms with Crippen molar-refractivity contribution in [1.82, 2.24) is 9.29 Å². The number of nitrogens with one attached hydrogen (secondary N) is 1. The smallest absolute Gasteiger partial charge is 0.244 e. The number of sulfonamides is 1. The van der Waals surface area contributed by atoms with Gasteiger partial charge in [-0.1, -0.05) is 0 Å². The predicted molar refractivity (Wildman–Crippen MR) is 76.1 cm³/mol. The van der Waals surface area contributed by atoms with Crippen molar-refractivity contribution in [2.24, 2.45) is 0 Å². The maximum atomic E-state index is 11.9. The number of aliphatic hydroxyl groups excluding tert-OH is 1. The predicted octanol–water partition coefficient (Wildman–Crippen LogP) is 0.141. The zero-order chi connectivity index (χ0) is 15.2. The van der Waals surface area contributed by atoms with Gasteiger partial charge in [-0.25, -0.2) is 17.7 Å². The van der Waals surface area contributed by atoms with E-state index in [0.29, 0.717) is 18.8 Å². The van der Waals surface area contributed by atoms with E-state index in [1.807, 2.05) is 0 Å². The molecule has 0 amide bonds. The van der Waals surface area contributed by atoms with Crippen LogP contribution >= 0.6 is 0 Å². The van der Waals surface area contributed by atoms with Crippen LogP contribution in [0.5, 0.6) is 0 Å². The van der Waals surface area contributed by atoms with E-state index in [1.165, 1.54) is 26.4 Å². The van der Waals surface area contributed by atoms with E-state index in [2.05, 4.69) is 10.3 Å². The van der Waals surface area contributed by atoms with Crippen molar-refractivity contribution in [1.29, 1.82) is 0 Å². The molecule has 0 spiro atoms. The quantitative estimate of drug-likeness (QED) is 0.710. The van der Waals surface area contributed by atoms with Crippen molar-refractivity contribution < 1.29 is 18.3 Å². The molecule has 0 saturated heterocycles. The van der Waals surface area contributed by atoms with Gasteiger partial charge in [0, 0.05) is 34.0 Å². The van der Waals surface area contributed by atoms with Gasteiger partial charge in [-0.2, -0.15) is 0 Å². The molecule has 2 N–H and O–H groups in total. The van der Waals surface area contributed by atoms with Crippen molar-refractivity contribution in [3.05, 3.63) is 18.3 Å². The lowest BCUT2D eigenvalue weighted by molar-refractivity contribution is 0.170. The summed E-state index contributed by atoms with van der Waals surface area (Å²) in [5, 5.41) is 12.0. The third-order valence-electron chi connectivity index (χ3n) is 2.71. The van der Waals surface area contributed by atoms with Gasteiger partial charge in [0.2, 0.25) is 10.0 Å². The lowest BCUT2D eigenvalue weighted by Crippen LogP contribution is -2.27. The molecular weight excluding hydrogens is 282 g/mol. The van der Waals surface area contributed by atoms with E-state index in [-0.39, 0.29) is 17.5 Å². The lowest BCUT2D eigenvalue weighted by Gasteiger charge is -2.17. The lowest BCUT2D eigenvalue weighted by atomic mass is 10.2. The average Bonchev–Trinajstić information content (AvgIpc) is 2.39. The Hall–Kier alpha value is -1.22. The molecule has 0 aliphatic rings. The van der Waals surface area contributed by atoms with Crippen molar-refractivity contribution in [3.8, 4) is 0 Å². The molecule has 1 unspecified atom stereocenters. The topological polar surface area (TPSA) is 91.8 Å². The molecule has 114 valence electrons. The summed E-state index contributed by atoms with van der Waals surface area (Å²) in [7, 11) is 1.05. The van der Waals surface area contributed by atoms with Crippen LogP contribution in [0.15, 0.2) is 23.2 Å². The third-order valence-corrected chi connectivity index (χ3v) is 4.51. The molecule has 0 fully saturated rings. The number of aromatic nitrogens is 1. The van der Waals surface area contributed by atoms with Crippen LogP contribution in [0.25, 0.3) is 0 Å². The fourth-order valence-electron chi connectivity index (χ4n) is 1.59. The minimum Gasteiger partial charge on any atom is -0.396 e. The van der Waals surface area contributed by atoms with Crippen molar-refractivity contribution in [3.63, 3.8) is 0 Å². The van der Waals surface area contributed by atoms with Gasteiger partial charge in [0.1, 0.15) is 10.7 Å². The Morgan fingerprint density at radius 3 is 2.60 bits per heavy atom. The molecule has 20 heavy (non-hydrogen) atoms. The highest BCUT2D eigenvalue weighted by Gasteiger charge is 2.17. The SMILES string of the molecule is COCC(CCO)Nc1ccc(S(=O)(=O)N(C)C)cn1. The molecular formula is C12H21N3O4S. The Labute approximate surface area is 119 Å². The van der Waals surface area contributed by atoms with E-state index < -0.39 is 10.0 Å². The summed E-state index contributed by atoms with van der Waals surface area (Å²) in [6, 6.07) is 3.01. The molecule has 1 heterocycles. The summed E-state index contributed by atoms with van der Waals surface area (Å²) >= 11 is 0. The van der Waals surface area contributed by atoms with E-state index in [4.69, 9.17) is 9.84 Å². The summed E-state index contributed by atoms with van der Waals surface area (Å²) < 4.78 is 29.9. The van der Waals surface area contributed by atoms with Gasteiger partial charge >= 0.3 is 0 Å².